The number of ether oxygens (including phenoxy) is 1. The summed E-state index contributed by atoms with van der Waals surface area (Å²) in [6.07, 6.45) is 0.939. The SMILES string of the molecule is CCOc1ccc(NC(=O)CCc2ccc(C#N)cc2)cc1CO. The summed E-state index contributed by atoms with van der Waals surface area (Å²) >= 11 is 0. The number of nitrogens with one attached hydrogen (secondary N) is 1. The van der Waals surface area contributed by atoms with Gasteiger partial charge in [0, 0.05) is 17.7 Å². The van der Waals surface area contributed by atoms with Crippen molar-refractivity contribution in [1.82, 2.24) is 0 Å². The lowest BCUT2D eigenvalue weighted by Crippen LogP contribution is -2.12. The lowest BCUT2D eigenvalue weighted by molar-refractivity contribution is -0.116. The third kappa shape index (κ3) is 4.83. The first-order valence-electron chi connectivity index (χ1n) is 7.81. The molecule has 124 valence electrons. The van der Waals surface area contributed by atoms with E-state index in [0.29, 0.717) is 42.0 Å². The van der Waals surface area contributed by atoms with E-state index in [1.807, 2.05) is 19.1 Å². The molecule has 2 aromatic rings. The predicted octanol–water partition coefficient (Wildman–Crippen LogP) is 3.02. The summed E-state index contributed by atoms with van der Waals surface area (Å²) in [5.74, 6) is 0.517. The van der Waals surface area contributed by atoms with Crippen molar-refractivity contribution in [1.29, 1.82) is 5.26 Å². The maximum Gasteiger partial charge on any atom is 0.224 e. The van der Waals surface area contributed by atoms with E-state index in [2.05, 4.69) is 11.4 Å². The number of carbonyl (C=O) groups excluding carboxylic acids is 1. The molecule has 5 nitrogen and oxygen atoms in total. The smallest absolute Gasteiger partial charge is 0.224 e. The van der Waals surface area contributed by atoms with Gasteiger partial charge < -0.3 is 15.2 Å². The summed E-state index contributed by atoms with van der Waals surface area (Å²) in [7, 11) is 0. The standard InChI is InChI=1S/C19H20N2O3/c1-2-24-18-9-8-17(11-16(18)13-22)21-19(23)10-7-14-3-5-15(12-20)6-4-14/h3-6,8-9,11,22H,2,7,10,13H2,1H3,(H,21,23). The first kappa shape index (κ1) is 17.5. The molecular weight excluding hydrogens is 304 g/mol. The van der Waals surface area contributed by atoms with Crippen molar-refractivity contribution < 1.29 is 14.6 Å². The van der Waals surface area contributed by atoms with Gasteiger partial charge in [-0.25, -0.2) is 0 Å². The predicted molar refractivity (Wildman–Crippen MR) is 91.6 cm³/mol. The third-order valence-corrected chi connectivity index (χ3v) is 3.54. The van der Waals surface area contributed by atoms with Crippen LogP contribution in [0.15, 0.2) is 42.5 Å². The number of hydrogen-bond donors (Lipinski definition) is 2. The van der Waals surface area contributed by atoms with Gasteiger partial charge in [-0.05, 0) is 49.2 Å². The van der Waals surface area contributed by atoms with Crippen LogP contribution in [-0.2, 0) is 17.8 Å². The summed E-state index contributed by atoms with van der Waals surface area (Å²) in [5, 5.41) is 21.0. The zero-order valence-electron chi connectivity index (χ0n) is 13.6. The van der Waals surface area contributed by atoms with E-state index in [1.54, 1.807) is 30.3 Å². The number of hydrogen-bond acceptors (Lipinski definition) is 4. The Labute approximate surface area is 141 Å². The summed E-state index contributed by atoms with van der Waals surface area (Å²) < 4.78 is 5.42. The minimum absolute atomic E-state index is 0.104. The van der Waals surface area contributed by atoms with Gasteiger partial charge in [-0.2, -0.15) is 5.26 Å². The molecule has 0 aliphatic rings. The first-order chi connectivity index (χ1) is 11.7. The molecule has 0 fully saturated rings. The third-order valence-electron chi connectivity index (χ3n) is 3.54. The average Bonchev–Trinajstić information content (AvgIpc) is 2.62. The van der Waals surface area contributed by atoms with E-state index in [0.717, 1.165) is 5.56 Å². The molecule has 0 radical (unpaired) electrons. The number of benzene rings is 2. The van der Waals surface area contributed by atoms with Crippen LogP contribution in [0.5, 0.6) is 5.75 Å². The Morgan fingerprint density at radius 1 is 1.25 bits per heavy atom. The fourth-order valence-corrected chi connectivity index (χ4v) is 2.30. The highest BCUT2D eigenvalue weighted by molar-refractivity contribution is 5.91. The molecular formula is C19H20N2O3. The zero-order valence-corrected chi connectivity index (χ0v) is 13.6. The van der Waals surface area contributed by atoms with E-state index >= 15 is 0 Å². The highest BCUT2D eigenvalue weighted by Gasteiger charge is 2.07. The maximum absolute atomic E-state index is 12.1. The monoisotopic (exact) mass is 324 g/mol. The normalized spacial score (nSPS) is 10.0. The molecule has 0 saturated carbocycles. The van der Waals surface area contributed by atoms with Crippen molar-refractivity contribution in [3.63, 3.8) is 0 Å². The van der Waals surface area contributed by atoms with Gasteiger partial charge in [0.05, 0.1) is 24.8 Å². The number of aliphatic hydroxyl groups is 1. The molecule has 0 atom stereocenters. The van der Waals surface area contributed by atoms with Crippen molar-refractivity contribution in [2.24, 2.45) is 0 Å². The molecule has 0 aliphatic heterocycles. The largest absolute Gasteiger partial charge is 0.494 e. The number of nitrogens with zero attached hydrogens (tertiary/aromatic N) is 1. The fourth-order valence-electron chi connectivity index (χ4n) is 2.30. The highest BCUT2D eigenvalue weighted by atomic mass is 16.5. The molecule has 24 heavy (non-hydrogen) atoms. The Kier molecular flexibility index (Phi) is 6.35. The van der Waals surface area contributed by atoms with E-state index in [4.69, 9.17) is 10.00 Å². The molecule has 0 saturated heterocycles. The van der Waals surface area contributed by atoms with Crippen LogP contribution in [0.2, 0.25) is 0 Å². The van der Waals surface area contributed by atoms with Crippen molar-refractivity contribution in [3.05, 3.63) is 59.2 Å². The van der Waals surface area contributed by atoms with Crippen LogP contribution in [0.4, 0.5) is 5.69 Å². The molecule has 0 unspecified atom stereocenters. The van der Waals surface area contributed by atoms with Crippen LogP contribution in [0.25, 0.3) is 0 Å². The van der Waals surface area contributed by atoms with Crippen LogP contribution in [0.3, 0.4) is 0 Å². The highest BCUT2D eigenvalue weighted by Crippen LogP contribution is 2.23. The van der Waals surface area contributed by atoms with Gasteiger partial charge in [-0.3, -0.25) is 4.79 Å². The fraction of sp³-hybridized carbons (Fsp3) is 0.263. The lowest BCUT2D eigenvalue weighted by Gasteiger charge is -2.11. The van der Waals surface area contributed by atoms with Gasteiger partial charge in [0.15, 0.2) is 0 Å². The topological polar surface area (TPSA) is 82.3 Å². The molecule has 0 heterocycles. The van der Waals surface area contributed by atoms with Crippen molar-refractivity contribution in [3.8, 4) is 11.8 Å². The second kappa shape index (κ2) is 8.70. The van der Waals surface area contributed by atoms with Gasteiger partial charge in [0.1, 0.15) is 5.75 Å². The van der Waals surface area contributed by atoms with Gasteiger partial charge in [0.2, 0.25) is 5.91 Å². The molecule has 5 heteroatoms. The number of aryl methyl sites for hydroxylation is 1. The maximum atomic E-state index is 12.1. The van der Waals surface area contributed by atoms with Crippen molar-refractivity contribution in [2.45, 2.75) is 26.4 Å². The Morgan fingerprint density at radius 3 is 2.62 bits per heavy atom. The number of aliphatic hydroxyl groups excluding tert-OH is 1. The van der Waals surface area contributed by atoms with E-state index in [1.165, 1.54) is 0 Å². The minimum atomic E-state index is -0.149. The molecule has 2 aromatic carbocycles. The van der Waals surface area contributed by atoms with Crippen LogP contribution in [0, 0.1) is 11.3 Å². The minimum Gasteiger partial charge on any atom is -0.494 e. The average molecular weight is 324 g/mol. The van der Waals surface area contributed by atoms with Crippen LogP contribution in [0.1, 0.15) is 30.0 Å². The first-order valence-corrected chi connectivity index (χ1v) is 7.81. The molecule has 2 N–H and O–H groups in total. The van der Waals surface area contributed by atoms with Crippen LogP contribution < -0.4 is 10.1 Å². The summed E-state index contributed by atoms with van der Waals surface area (Å²) in [4.78, 5) is 12.1. The Balaban J connectivity index is 1.93. The van der Waals surface area contributed by atoms with Crippen LogP contribution >= 0.6 is 0 Å². The zero-order chi connectivity index (χ0) is 17.4. The molecule has 2 rings (SSSR count). The van der Waals surface area contributed by atoms with Gasteiger partial charge in [-0.15, -0.1) is 0 Å². The van der Waals surface area contributed by atoms with Gasteiger partial charge >= 0.3 is 0 Å². The molecule has 0 aromatic heterocycles. The molecule has 1 amide bonds. The van der Waals surface area contributed by atoms with Gasteiger partial charge in [-0.1, -0.05) is 12.1 Å². The summed E-state index contributed by atoms with van der Waals surface area (Å²) in [5.41, 5.74) is 2.88. The second-order valence-corrected chi connectivity index (χ2v) is 5.27. The second-order valence-electron chi connectivity index (χ2n) is 5.27. The quantitative estimate of drug-likeness (QED) is 0.820. The Hall–Kier alpha value is -2.84. The Morgan fingerprint density at radius 2 is 2.00 bits per heavy atom. The van der Waals surface area contributed by atoms with Crippen LogP contribution in [-0.4, -0.2) is 17.6 Å². The lowest BCUT2D eigenvalue weighted by atomic mass is 10.1. The Bertz CT molecular complexity index is 733. The number of carbonyl (C=O) groups is 1. The number of amides is 1. The van der Waals surface area contributed by atoms with E-state index < -0.39 is 0 Å². The number of rotatable bonds is 7. The summed E-state index contributed by atoms with van der Waals surface area (Å²) in [6.45, 7) is 2.24. The van der Waals surface area contributed by atoms with Gasteiger partial charge in [0.25, 0.3) is 0 Å². The number of anilines is 1. The molecule has 0 spiro atoms. The van der Waals surface area contributed by atoms with Crippen molar-refractivity contribution >= 4 is 11.6 Å². The summed E-state index contributed by atoms with van der Waals surface area (Å²) in [6, 6.07) is 14.5. The van der Waals surface area contributed by atoms with Crippen molar-refractivity contribution in [2.75, 3.05) is 11.9 Å². The number of nitriles is 1. The molecule has 0 bridgehead atoms. The van der Waals surface area contributed by atoms with E-state index in [-0.39, 0.29) is 12.5 Å². The van der Waals surface area contributed by atoms with E-state index in [9.17, 15) is 9.90 Å². The molecule has 0 aliphatic carbocycles.